The van der Waals surface area contributed by atoms with Crippen molar-refractivity contribution in [3.05, 3.63) is 24.3 Å². The number of fused-ring (bicyclic) bond motifs is 1. The minimum atomic E-state index is 0.877. The lowest BCUT2D eigenvalue weighted by atomic mass is 10.2. The summed E-state index contributed by atoms with van der Waals surface area (Å²) in [4.78, 5) is 4.35. The van der Waals surface area contributed by atoms with Gasteiger partial charge in [-0.2, -0.15) is 5.10 Å². The molecule has 0 fully saturated rings. The molecular formula is C10H13N5. The van der Waals surface area contributed by atoms with Crippen LogP contribution in [0, 0.1) is 0 Å². The highest BCUT2D eigenvalue weighted by Crippen LogP contribution is 2.22. The summed E-state index contributed by atoms with van der Waals surface area (Å²) in [7, 11) is 2.00. The second kappa shape index (κ2) is 3.20. The third-order valence-electron chi connectivity index (χ3n) is 2.80. The van der Waals surface area contributed by atoms with Crippen LogP contribution in [-0.2, 0) is 20.1 Å². The first-order valence-electron chi connectivity index (χ1n) is 5.09. The first kappa shape index (κ1) is 8.67. The van der Waals surface area contributed by atoms with Crippen molar-refractivity contribution in [3.8, 4) is 11.4 Å². The summed E-state index contributed by atoms with van der Waals surface area (Å²) in [5.41, 5.74) is 2.37. The average molecular weight is 203 g/mol. The van der Waals surface area contributed by atoms with Crippen molar-refractivity contribution in [2.24, 2.45) is 7.05 Å². The van der Waals surface area contributed by atoms with E-state index in [-0.39, 0.29) is 0 Å². The van der Waals surface area contributed by atoms with Gasteiger partial charge in [0.25, 0.3) is 0 Å². The van der Waals surface area contributed by atoms with Crippen LogP contribution in [0.15, 0.2) is 18.6 Å². The molecule has 0 unspecified atom stereocenters. The van der Waals surface area contributed by atoms with Crippen LogP contribution < -0.4 is 5.32 Å². The molecule has 0 atom stereocenters. The molecule has 1 N–H and O–H groups in total. The zero-order valence-electron chi connectivity index (χ0n) is 8.64. The van der Waals surface area contributed by atoms with E-state index in [4.69, 9.17) is 0 Å². The highest BCUT2D eigenvalue weighted by atomic mass is 15.3. The molecule has 1 aliphatic rings. The van der Waals surface area contributed by atoms with Crippen LogP contribution >= 0.6 is 0 Å². The molecule has 3 heterocycles. The SMILES string of the molecule is Cn1ccnc1-c1cnn2c1CNCC2. The number of rotatable bonds is 1. The van der Waals surface area contributed by atoms with Gasteiger partial charge in [0.15, 0.2) is 0 Å². The van der Waals surface area contributed by atoms with E-state index in [2.05, 4.69) is 20.1 Å². The van der Waals surface area contributed by atoms with Gasteiger partial charge in [-0.15, -0.1) is 0 Å². The van der Waals surface area contributed by atoms with Gasteiger partial charge in [0.2, 0.25) is 0 Å². The van der Waals surface area contributed by atoms with Crippen molar-refractivity contribution >= 4 is 0 Å². The van der Waals surface area contributed by atoms with Crippen LogP contribution in [0.1, 0.15) is 5.69 Å². The number of nitrogens with zero attached hydrogens (tertiary/aromatic N) is 4. The molecule has 0 radical (unpaired) electrons. The van der Waals surface area contributed by atoms with Gasteiger partial charge in [-0.05, 0) is 0 Å². The average Bonchev–Trinajstić information content (AvgIpc) is 2.83. The summed E-state index contributed by atoms with van der Waals surface area (Å²) < 4.78 is 4.08. The summed E-state index contributed by atoms with van der Waals surface area (Å²) in [6, 6.07) is 0. The van der Waals surface area contributed by atoms with Gasteiger partial charge in [-0.25, -0.2) is 4.98 Å². The number of nitrogens with one attached hydrogen (secondary N) is 1. The second-order valence-electron chi connectivity index (χ2n) is 3.77. The first-order valence-corrected chi connectivity index (χ1v) is 5.09. The molecule has 1 aliphatic heterocycles. The molecule has 2 aromatic heterocycles. The fraction of sp³-hybridized carbons (Fsp3) is 0.400. The minimum absolute atomic E-state index is 0.877. The number of hydrogen-bond acceptors (Lipinski definition) is 3. The molecule has 0 bridgehead atoms. The van der Waals surface area contributed by atoms with Gasteiger partial charge in [-0.3, -0.25) is 4.68 Å². The van der Waals surface area contributed by atoms with Crippen LogP contribution in [0.2, 0.25) is 0 Å². The van der Waals surface area contributed by atoms with E-state index in [1.807, 2.05) is 30.2 Å². The monoisotopic (exact) mass is 203 g/mol. The topological polar surface area (TPSA) is 47.7 Å². The van der Waals surface area contributed by atoms with E-state index >= 15 is 0 Å². The van der Waals surface area contributed by atoms with Gasteiger partial charge in [-0.1, -0.05) is 0 Å². The summed E-state index contributed by atoms with van der Waals surface area (Å²) in [5, 5.41) is 7.73. The number of hydrogen-bond donors (Lipinski definition) is 1. The predicted octanol–water partition coefficient (Wildman–Crippen LogP) is 0.387. The van der Waals surface area contributed by atoms with Gasteiger partial charge < -0.3 is 9.88 Å². The Morgan fingerprint density at radius 3 is 3.20 bits per heavy atom. The summed E-state index contributed by atoms with van der Waals surface area (Å²) in [6.45, 7) is 2.82. The minimum Gasteiger partial charge on any atom is -0.334 e. The predicted molar refractivity (Wildman–Crippen MR) is 56.1 cm³/mol. The van der Waals surface area contributed by atoms with E-state index in [0.717, 1.165) is 31.0 Å². The molecule has 0 spiro atoms. The quantitative estimate of drug-likeness (QED) is 0.729. The van der Waals surface area contributed by atoms with E-state index in [9.17, 15) is 0 Å². The zero-order valence-corrected chi connectivity index (χ0v) is 8.64. The van der Waals surface area contributed by atoms with E-state index in [1.165, 1.54) is 5.69 Å². The second-order valence-corrected chi connectivity index (χ2v) is 3.77. The molecule has 2 aromatic rings. The number of aromatic nitrogens is 4. The van der Waals surface area contributed by atoms with Crippen molar-refractivity contribution in [3.63, 3.8) is 0 Å². The first-order chi connectivity index (χ1) is 7.36. The molecule has 0 aliphatic carbocycles. The summed E-state index contributed by atoms with van der Waals surface area (Å²) >= 11 is 0. The molecule has 0 amide bonds. The standard InChI is InChI=1S/C10H13N5/c1-14-4-3-12-10(14)8-6-13-15-5-2-11-7-9(8)15/h3-4,6,11H,2,5,7H2,1H3. The Hall–Kier alpha value is -1.62. The highest BCUT2D eigenvalue weighted by Gasteiger charge is 2.17. The van der Waals surface area contributed by atoms with Gasteiger partial charge in [0.05, 0.1) is 24.0 Å². The Balaban J connectivity index is 2.13. The fourth-order valence-electron chi connectivity index (χ4n) is 1.99. The van der Waals surface area contributed by atoms with Crippen LogP contribution in [-0.4, -0.2) is 25.9 Å². The van der Waals surface area contributed by atoms with Crippen molar-refractivity contribution in [2.45, 2.75) is 13.1 Å². The Labute approximate surface area is 87.7 Å². The Bertz CT molecular complexity index is 482. The lowest BCUT2D eigenvalue weighted by Crippen LogP contribution is -2.28. The molecular weight excluding hydrogens is 190 g/mol. The van der Waals surface area contributed by atoms with Crippen molar-refractivity contribution in [1.29, 1.82) is 0 Å². The summed E-state index contributed by atoms with van der Waals surface area (Å²) in [5.74, 6) is 0.986. The van der Waals surface area contributed by atoms with Gasteiger partial charge in [0, 0.05) is 32.5 Å². The smallest absolute Gasteiger partial charge is 0.143 e. The van der Waals surface area contributed by atoms with Crippen LogP contribution in [0.4, 0.5) is 0 Å². The third kappa shape index (κ3) is 1.27. The lowest BCUT2D eigenvalue weighted by molar-refractivity contribution is 0.476. The molecule has 78 valence electrons. The lowest BCUT2D eigenvalue weighted by Gasteiger charge is -2.15. The maximum Gasteiger partial charge on any atom is 0.143 e. The molecule has 15 heavy (non-hydrogen) atoms. The fourth-order valence-corrected chi connectivity index (χ4v) is 1.99. The van der Waals surface area contributed by atoms with Gasteiger partial charge >= 0.3 is 0 Å². The van der Waals surface area contributed by atoms with Crippen molar-refractivity contribution in [1.82, 2.24) is 24.6 Å². The Morgan fingerprint density at radius 2 is 2.40 bits per heavy atom. The normalized spacial score (nSPS) is 15.3. The van der Waals surface area contributed by atoms with Crippen molar-refractivity contribution < 1.29 is 0 Å². The third-order valence-corrected chi connectivity index (χ3v) is 2.80. The molecule has 3 rings (SSSR count). The van der Waals surface area contributed by atoms with Crippen LogP contribution in [0.25, 0.3) is 11.4 Å². The maximum atomic E-state index is 4.38. The molecule has 0 saturated heterocycles. The number of aryl methyl sites for hydroxylation is 1. The Morgan fingerprint density at radius 1 is 1.47 bits per heavy atom. The largest absolute Gasteiger partial charge is 0.334 e. The maximum absolute atomic E-state index is 4.38. The van der Waals surface area contributed by atoms with E-state index < -0.39 is 0 Å². The molecule has 0 saturated carbocycles. The molecule has 5 nitrogen and oxygen atoms in total. The van der Waals surface area contributed by atoms with Crippen LogP contribution in [0.5, 0.6) is 0 Å². The van der Waals surface area contributed by atoms with Crippen molar-refractivity contribution in [2.75, 3.05) is 6.54 Å². The Kier molecular flexibility index (Phi) is 1.85. The number of imidazole rings is 1. The molecule has 5 heteroatoms. The van der Waals surface area contributed by atoms with Crippen LogP contribution in [0.3, 0.4) is 0 Å². The molecule has 0 aromatic carbocycles. The summed E-state index contributed by atoms with van der Waals surface area (Å²) in [6.07, 6.45) is 5.68. The zero-order chi connectivity index (χ0) is 10.3. The van der Waals surface area contributed by atoms with E-state index in [1.54, 1.807) is 0 Å². The van der Waals surface area contributed by atoms with Gasteiger partial charge in [0.1, 0.15) is 5.82 Å². The van der Waals surface area contributed by atoms with E-state index in [0.29, 0.717) is 0 Å². The highest BCUT2D eigenvalue weighted by molar-refractivity contribution is 5.58.